The normalized spacial score (nSPS) is 10.8. The van der Waals surface area contributed by atoms with Gasteiger partial charge >= 0.3 is 0 Å². The number of rotatable bonds is 3. The molecular formula is C13H10BrN3OS. The van der Waals surface area contributed by atoms with Gasteiger partial charge in [0.1, 0.15) is 4.88 Å². The Bertz CT molecular complexity index is 707. The SMILES string of the molecule is Nc1ccsc1-c1nc(Cc2ccccc2Br)no1. The first-order valence-electron chi connectivity index (χ1n) is 5.63. The molecule has 4 nitrogen and oxygen atoms in total. The second-order valence-corrected chi connectivity index (χ2v) is 5.76. The Morgan fingerprint density at radius 2 is 2.11 bits per heavy atom. The van der Waals surface area contributed by atoms with Gasteiger partial charge in [-0.25, -0.2) is 0 Å². The van der Waals surface area contributed by atoms with Gasteiger partial charge in [-0.05, 0) is 23.1 Å². The van der Waals surface area contributed by atoms with Crippen molar-refractivity contribution in [1.82, 2.24) is 10.1 Å². The summed E-state index contributed by atoms with van der Waals surface area (Å²) in [6.07, 6.45) is 0.621. The lowest BCUT2D eigenvalue weighted by Gasteiger charge is -1.99. The van der Waals surface area contributed by atoms with Crippen LogP contribution in [0.5, 0.6) is 0 Å². The molecule has 0 aliphatic rings. The largest absolute Gasteiger partial charge is 0.397 e. The van der Waals surface area contributed by atoms with Crippen LogP contribution >= 0.6 is 27.3 Å². The van der Waals surface area contributed by atoms with Gasteiger partial charge in [0.25, 0.3) is 5.89 Å². The van der Waals surface area contributed by atoms with Crippen molar-refractivity contribution in [3.8, 4) is 10.8 Å². The van der Waals surface area contributed by atoms with Crippen LogP contribution in [0, 0.1) is 0 Å². The van der Waals surface area contributed by atoms with Crippen LogP contribution in [-0.4, -0.2) is 10.1 Å². The fourth-order valence-corrected chi connectivity index (χ4v) is 2.89. The van der Waals surface area contributed by atoms with Crippen LogP contribution in [0.15, 0.2) is 44.7 Å². The highest BCUT2D eigenvalue weighted by atomic mass is 79.9. The summed E-state index contributed by atoms with van der Waals surface area (Å²) in [5.41, 5.74) is 7.62. The number of nitrogens with zero attached hydrogens (tertiary/aromatic N) is 2. The van der Waals surface area contributed by atoms with Crippen LogP contribution in [0.1, 0.15) is 11.4 Å². The topological polar surface area (TPSA) is 64.9 Å². The van der Waals surface area contributed by atoms with Crippen molar-refractivity contribution >= 4 is 33.0 Å². The number of hydrogen-bond acceptors (Lipinski definition) is 5. The molecule has 0 fully saturated rings. The Labute approximate surface area is 122 Å². The second-order valence-electron chi connectivity index (χ2n) is 3.99. The Morgan fingerprint density at radius 1 is 1.26 bits per heavy atom. The number of nitrogens with two attached hydrogens (primary N) is 1. The van der Waals surface area contributed by atoms with Crippen LogP contribution in [0.4, 0.5) is 5.69 Å². The molecule has 0 amide bonds. The van der Waals surface area contributed by atoms with Crippen molar-refractivity contribution in [3.63, 3.8) is 0 Å². The Morgan fingerprint density at radius 3 is 2.84 bits per heavy atom. The Hall–Kier alpha value is -1.66. The average Bonchev–Trinajstić information content (AvgIpc) is 3.01. The molecule has 0 aliphatic heterocycles. The predicted molar refractivity (Wildman–Crippen MR) is 79.0 cm³/mol. The van der Waals surface area contributed by atoms with Crippen LogP contribution < -0.4 is 5.73 Å². The first-order valence-corrected chi connectivity index (χ1v) is 7.30. The van der Waals surface area contributed by atoms with Crippen LogP contribution in [0.3, 0.4) is 0 Å². The second kappa shape index (κ2) is 5.14. The number of thiophene rings is 1. The van der Waals surface area contributed by atoms with Gasteiger partial charge in [-0.15, -0.1) is 11.3 Å². The van der Waals surface area contributed by atoms with E-state index < -0.39 is 0 Å². The van der Waals surface area contributed by atoms with Gasteiger partial charge < -0.3 is 10.3 Å². The molecule has 2 aromatic heterocycles. The van der Waals surface area contributed by atoms with E-state index >= 15 is 0 Å². The molecule has 2 heterocycles. The molecule has 1 aromatic carbocycles. The van der Waals surface area contributed by atoms with Gasteiger partial charge in [-0.3, -0.25) is 0 Å². The molecule has 0 saturated carbocycles. The summed E-state index contributed by atoms with van der Waals surface area (Å²) in [6.45, 7) is 0. The molecule has 3 rings (SSSR count). The summed E-state index contributed by atoms with van der Waals surface area (Å²) in [5.74, 6) is 1.13. The standard InChI is InChI=1S/C13H10BrN3OS/c14-9-4-2-1-3-8(9)7-11-16-13(18-17-11)12-10(15)5-6-19-12/h1-6H,7,15H2. The lowest BCUT2D eigenvalue weighted by molar-refractivity contribution is 0.425. The summed E-state index contributed by atoms with van der Waals surface area (Å²) in [4.78, 5) is 5.21. The monoisotopic (exact) mass is 335 g/mol. The van der Waals surface area contributed by atoms with E-state index in [1.807, 2.05) is 35.7 Å². The lowest BCUT2D eigenvalue weighted by Crippen LogP contribution is -1.92. The van der Waals surface area contributed by atoms with Crippen LogP contribution in [0.25, 0.3) is 10.8 Å². The molecule has 0 atom stereocenters. The molecule has 0 saturated heterocycles. The fraction of sp³-hybridized carbons (Fsp3) is 0.0769. The molecule has 96 valence electrons. The van der Waals surface area contributed by atoms with E-state index in [-0.39, 0.29) is 0 Å². The maximum Gasteiger partial charge on any atom is 0.270 e. The Kier molecular flexibility index (Phi) is 3.35. The van der Waals surface area contributed by atoms with Crippen LogP contribution in [-0.2, 0) is 6.42 Å². The molecule has 0 radical (unpaired) electrons. The fourth-order valence-electron chi connectivity index (χ4n) is 1.72. The van der Waals surface area contributed by atoms with Crippen molar-refractivity contribution in [2.75, 3.05) is 5.73 Å². The van der Waals surface area contributed by atoms with Crippen molar-refractivity contribution in [1.29, 1.82) is 0 Å². The highest BCUT2D eigenvalue weighted by Crippen LogP contribution is 2.30. The number of aromatic nitrogens is 2. The average molecular weight is 336 g/mol. The first-order chi connectivity index (χ1) is 9.24. The highest BCUT2D eigenvalue weighted by molar-refractivity contribution is 9.10. The van der Waals surface area contributed by atoms with Crippen molar-refractivity contribution in [2.24, 2.45) is 0 Å². The van der Waals surface area contributed by atoms with Crippen LogP contribution in [0.2, 0.25) is 0 Å². The zero-order chi connectivity index (χ0) is 13.2. The third-order valence-corrected chi connectivity index (χ3v) is 4.36. The summed E-state index contributed by atoms with van der Waals surface area (Å²) in [6, 6.07) is 9.81. The molecule has 0 aliphatic carbocycles. The molecule has 0 spiro atoms. The zero-order valence-electron chi connectivity index (χ0n) is 9.84. The number of halogens is 1. The van der Waals surface area contributed by atoms with Gasteiger partial charge in [0, 0.05) is 10.9 Å². The minimum absolute atomic E-state index is 0.481. The quantitative estimate of drug-likeness (QED) is 0.791. The highest BCUT2D eigenvalue weighted by Gasteiger charge is 2.13. The van der Waals surface area contributed by atoms with Crippen molar-refractivity contribution < 1.29 is 4.52 Å². The molecule has 0 unspecified atom stereocenters. The number of nitrogen functional groups attached to an aromatic ring is 1. The smallest absolute Gasteiger partial charge is 0.270 e. The zero-order valence-corrected chi connectivity index (χ0v) is 12.2. The Balaban J connectivity index is 1.87. The van der Waals surface area contributed by atoms with E-state index in [9.17, 15) is 0 Å². The minimum atomic E-state index is 0.481. The van der Waals surface area contributed by atoms with Gasteiger partial charge in [-0.2, -0.15) is 4.98 Å². The third kappa shape index (κ3) is 2.54. The minimum Gasteiger partial charge on any atom is -0.397 e. The first kappa shape index (κ1) is 12.4. The lowest BCUT2D eigenvalue weighted by atomic mass is 10.1. The molecule has 0 bridgehead atoms. The molecule has 6 heteroatoms. The van der Waals surface area contributed by atoms with Gasteiger partial charge in [0.15, 0.2) is 5.82 Å². The van der Waals surface area contributed by atoms with E-state index in [0.29, 0.717) is 23.8 Å². The van der Waals surface area contributed by atoms with E-state index in [4.69, 9.17) is 10.3 Å². The predicted octanol–water partition coefficient (Wildman–Crippen LogP) is 3.73. The maximum atomic E-state index is 5.83. The van der Waals surface area contributed by atoms with E-state index in [0.717, 1.165) is 14.9 Å². The van der Waals surface area contributed by atoms with Crippen molar-refractivity contribution in [2.45, 2.75) is 6.42 Å². The third-order valence-electron chi connectivity index (χ3n) is 2.66. The summed E-state index contributed by atoms with van der Waals surface area (Å²) >= 11 is 5.00. The van der Waals surface area contributed by atoms with E-state index in [2.05, 4.69) is 26.1 Å². The number of benzene rings is 1. The van der Waals surface area contributed by atoms with E-state index in [1.54, 1.807) is 0 Å². The van der Waals surface area contributed by atoms with Gasteiger partial charge in [0.2, 0.25) is 0 Å². The van der Waals surface area contributed by atoms with Crippen molar-refractivity contribution in [3.05, 3.63) is 51.6 Å². The maximum absolute atomic E-state index is 5.83. The molecule has 2 N–H and O–H groups in total. The number of anilines is 1. The number of hydrogen-bond donors (Lipinski definition) is 1. The molecule has 19 heavy (non-hydrogen) atoms. The molecule has 3 aromatic rings. The van der Waals surface area contributed by atoms with Gasteiger partial charge in [-0.1, -0.05) is 39.3 Å². The summed E-state index contributed by atoms with van der Waals surface area (Å²) in [5, 5.41) is 5.90. The van der Waals surface area contributed by atoms with E-state index in [1.165, 1.54) is 11.3 Å². The summed E-state index contributed by atoms with van der Waals surface area (Å²) < 4.78 is 6.29. The van der Waals surface area contributed by atoms with Gasteiger partial charge in [0.05, 0.1) is 5.69 Å². The molecular weight excluding hydrogens is 326 g/mol. The summed E-state index contributed by atoms with van der Waals surface area (Å²) in [7, 11) is 0.